The largest absolute Gasteiger partial charge is 0.333 e. The minimum absolute atomic E-state index is 0.0160. The molecule has 2 heterocycles. The minimum atomic E-state index is -0.349. The first-order valence-corrected chi connectivity index (χ1v) is 8.31. The summed E-state index contributed by atoms with van der Waals surface area (Å²) in [5, 5.41) is 5.56. The molecule has 6 heteroatoms. The maximum absolute atomic E-state index is 12.3. The molecular weight excluding hydrogens is 316 g/mol. The number of benzene rings is 1. The molecule has 1 atom stereocenters. The van der Waals surface area contributed by atoms with Gasteiger partial charge in [-0.15, -0.1) is 0 Å². The van der Waals surface area contributed by atoms with Gasteiger partial charge in [0.15, 0.2) is 0 Å². The lowest BCUT2D eigenvalue weighted by Crippen LogP contribution is -2.39. The lowest BCUT2D eigenvalue weighted by molar-refractivity contribution is -0.117. The van der Waals surface area contributed by atoms with Crippen LogP contribution in [0.5, 0.6) is 0 Å². The predicted molar refractivity (Wildman–Crippen MR) is 97.8 cm³/mol. The first kappa shape index (κ1) is 17.0. The number of nitrogens with one attached hydrogen (secondary N) is 2. The minimum Gasteiger partial charge on any atom is -0.333 e. The summed E-state index contributed by atoms with van der Waals surface area (Å²) in [6.07, 6.45) is 0.293. The third-order valence-corrected chi connectivity index (χ3v) is 4.39. The molecule has 0 radical (unpaired) electrons. The van der Waals surface area contributed by atoms with Gasteiger partial charge in [-0.1, -0.05) is 12.1 Å². The van der Waals surface area contributed by atoms with Gasteiger partial charge >= 0.3 is 6.03 Å². The first-order valence-electron chi connectivity index (χ1n) is 8.31. The third kappa shape index (κ3) is 3.96. The standard InChI is InChI=1S/C19H22N4O2/c1-12-7-8-16(9-13(12)2)23-11-15(10-18(23)24)21-19(25)22-17-6-4-5-14(3)20-17/h4-9,15H,10-11H2,1-3H3,(H2,20,21,22,25)/t15-/m0/s1. The molecule has 0 aliphatic carbocycles. The number of hydrogen-bond acceptors (Lipinski definition) is 3. The van der Waals surface area contributed by atoms with Crippen LogP contribution in [-0.4, -0.2) is 29.5 Å². The van der Waals surface area contributed by atoms with E-state index in [1.54, 1.807) is 11.0 Å². The van der Waals surface area contributed by atoms with Crippen molar-refractivity contribution >= 4 is 23.4 Å². The summed E-state index contributed by atoms with van der Waals surface area (Å²) in [7, 11) is 0. The van der Waals surface area contributed by atoms with Crippen molar-refractivity contribution in [3.05, 3.63) is 53.2 Å². The van der Waals surface area contributed by atoms with Crippen LogP contribution in [0.4, 0.5) is 16.3 Å². The maximum atomic E-state index is 12.3. The second-order valence-corrected chi connectivity index (χ2v) is 6.44. The first-order chi connectivity index (χ1) is 11.9. The van der Waals surface area contributed by atoms with Gasteiger partial charge in [0.1, 0.15) is 5.82 Å². The molecule has 3 rings (SSSR count). The van der Waals surface area contributed by atoms with Crippen molar-refractivity contribution in [2.45, 2.75) is 33.2 Å². The van der Waals surface area contributed by atoms with Crippen LogP contribution in [0.25, 0.3) is 0 Å². The molecule has 2 N–H and O–H groups in total. The number of aryl methyl sites for hydroxylation is 3. The van der Waals surface area contributed by atoms with Gasteiger partial charge < -0.3 is 10.2 Å². The van der Waals surface area contributed by atoms with Gasteiger partial charge in [0, 0.05) is 24.3 Å². The zero-order valence-corrected chi connectivity index (χ0v) is 14.7. The van der Waals surface area contributed by atoms with E-state index in [4.69, 9.17) is 0 Å². The molecule has 1 aromatic carbocycles. The fourth-order valence-electron chi connectivity index (χ4n) is 2.90. The number of pyridine rings is 1. The van der Waals surface area contributed by atoms with E-state index in [-0.39, 0.29) is 18.0 Å². The molecule has 0 unspecified atom stereocenters. The van der Waals surface area contributed by atoms with E-state index in [0.29, 0.717) is 18.8 Å². The van der Waals surface area contributed by atoms with Crippen molar-refractivity contribution in [3.63, 3.8) is 0 Å². The molecule has 6 nitrogen and oxygen atoms in total. The van der Waals surface area contributed by atoms with Crippen LogP contribution in [0.2, 0.25) is 0 Å². The Morgan fingerprint density at radius 3 is 2.68 bits per heavy atom. The molecule has 3 amide bonds. The molecule has 0 saturated carbocycles. The van der Waals surface area contributed by atoms with Crippen molar-refractivity contribution < 1.29 is 9.59 Å². The van der Waals surface area contributed by atoms with Gasteiger partial charge in [0.05, 0.1) is 6.04 Å². The molecule has 1 fully saturated rings. The summed E-state index contributed by atoms with van der Waals surface area (Å²) in [5.74, 6) is 0.509. The summed E-state index contributed by atoms with van der Waals surface area (Å²) in [4.78, 5) is 30.4. The highest BCUT2D eigenvalue weighted by Crippen LogP contribution is 2.24. The molecule has 0 bridgehead atoms. The Morgan fingerprint density at radius 1 is 1.16 bits per heavy atom. The van der Waals surface area contributed by atoms with Crippen molar-refractivity contribution in [2.24, 2.45) is 0 Å². The topological polar surface area (TPSA) is 74.3 Å². The summed E-state index contributed by atoms with van der Waals surface area (Å²) in [5.41, 5.74) is 4.04. The second kappa shape index (κ2) is 6.93. The normalized spacial score (nSPS) is 16.8. The van der Waals surface area contributed by atoms with Gasteiger partial charge in [0.25, 0.3) is 0 Å². The third-order valence-electron chi connectivity index (χ3n) is 4.39. The van der Waals surface area contributed by atoms with E-state index in [0.717, 1.165) is 16.9 Å². The van der Waals surface area contributed by atoms with Gasteiger partial charge in [-0.3, -0.25) is 10.1 Å². The van der Waals surface area contributed by atoms with E-state index >= 15 is 0 Å². The molecular formula is C19H22N4O2. The summed E-state index contributed by atoms with van der Waals surface area (Å²) < 4.78 is 0. The second-order valence-electron chi connectivity index (χ2n) is 6.44. The fraction of sp³-hybridized carbons (Fsp3) is 0.316. The Bertz CT molecular complexity index is 819. The molecule has 0 spiro atoms. The van der Waals surface area contributed by atoms with Crippen LogP contribution in [-0.2, 0) is 4.79 Å². The highest BCUT2D eigenvalue weighted by molar-refractivity contribution is 5.97. The molecule has 1 aliphatic rings. The van der Waals surface area contributed by atoms with Crippen LogP contribution in [0, 0.1) is 20.8 Å². The zero-order chi connectivity index (χ0) is 18.0. The number of rotatable bonds is 3. The van der Waals surface area contributed by atoms with Gasteiger partial charge in [0.2, 0.25) is 5.91 Å². The van der Waals surface area contributed by atoms with E-state index in [2.05, 4.69) is 15.6 Å². The van der Waals surface area contributed by atoms with Gasteiger partial charge in [-0.25, -0.2) is 9.78 Å². The monoisotopic (exact) mass is 338 g/mol. The number of amides is 3. The average Bonchev–Trinajstić information content (AvgIpc) is 2.90. The van der Waals surface area contributed by atoms with Gasteiger partial charge in [-0.05, 0) is 56.2 Å². The van der Waals surface area contributed by atoms with Gasteiger partial charge in [-0.2, -0.15) is 0 Å². The number of hydrogen-bond donors (Lipinski definition) is 2. The number of aromatic nitrogens is 1. The Morgan fingerprint density at radius 2 is 1.96 bits per heavy atom. The van der Waals surface area contributed by atoms with Crippen LogP contribution >= 0.6 is 0 Å². The van der Waals surface area contributed by atoms with E-state index in [9.17, 15) is 9.59 Å². The number of urea groups is 1. The highest BCUT2D eigenvalue weighted by atomic mass is 16.2. The fourth-order valence-corrected chi connectivity index (χ4v) is 2.90. The average molecular weight is 338 g/mol. The molecule has 1 aliphatic heterocycles. The Labute approximate surface area is 147 Å². The lowest BCUT2D eigenvalue weighted by atomic mass is 10.1. The molecule has 1 aromatic heterocycles. The van der Waals surface area contributed by atoms with E-state index < -0.39 is 0 Å². The Hall–Kier alpha value is -2.89. The highest BCUT2D eigenvalue weighted by Gasteiger charge is 2.31. The van der Waals surface area contributed by atoms with E-state index in [1.807, 2.05) is 51.1 Å². The Balaban J connectivity index is 1.62. The van der Waals surface area contributed by atoms with Crippen LogP contribution < -0.4 is 15.5 Å². The quantitative estimate of drug-likeness (QED) is 0.903. The van der Waals surface area contributed by atoms with Crippen LogP contribution in [0.3, 0.4) is 0 Å². The maximum Gasteiger partial charge on any atom is 0.320 e. The lowest BCUT2D eigenvalue weighted by Gasteiger charge is -2.18. The van der Waals surface area contributed by atoms with Crippen molar-refractivity contribution in [3.8, 4) is 0 Å². The molecule has 2 aromatic rings. The predicted octanol–water partition coefficient (Wildman–Crippen LogP) is 2.93. The van der Waals surface area contributed by atoms with Crippen LogP contribution in [0.15, 0.2) is 36.4 Å². The van der Waals surface area contributed by atoms with Crippen molar-refractivity contribution in [1.82, 2.24) is 10.3 Å². The molecule has 25 heavy (non-hydrogen) atoms. The molecule has 130 valence electrons. The molecule has 1 saturated heterocycles. The SMILES string of the molecule is Cc1cccc(NC(=O)N[C@H]2CC(=O)N(c3ccc(C)c(C)c3)C2)n1. The van der Waals surface area contributed by atoms with Crippen LogP contribution in [0.1, 0.15) is 23.2 Å². The van der Waals surface area contributed by atoms with E-state index in [1.165, 1.54) is 5.56 Å². The summed E-state index contributed by atoms with van der Waals surface area (Å²) in [6, 6.07) is 10.8. The smallest absolute Gasteiger partial charge is 0.320 e. The van der Waals surface area contributed by atoms with Crippen molar-refractivity contribution in [1.29, 1.82) is 0 Å². The Kier molecular flexibility index (Phi) is 4.70. The number of carbonyl (C=O) groups excluding carboxylic acids is 2. The number of anilines is 2. The zero-order valence-electron chi connectivity index (χ0n) is 14.7. The summed E-state index contributed by atoms with van der Waals surface area (Å²) in [6.45, 7) is 6.40. The number of carbonyl (C=O) groups is 2. The van der Waals surface area contributed by atoms with Crippen molar-refractivity contribution in [2.75, 3.05) is 16.8 Å². The number of nitrogens with zero attached hydrogens (tertiary/aromatic N) is 2. The summed E-state index contributed by atoms with van der Waals surface area (Å²) >= 11 is 0.